The Morgan fingerprint density at radius 1 is 1.04 bits per heavy atom. The van der Waals surface area contributed by atoms with Crippen molar-refractivity contribution in [2.45, 2.75) is 20.0 Å². The third-order valence-corrected chi connectivity index (χ3v) is 4.75. The molecule has 25 heavy (non-hydrogen) atoms. The molecule has 1 unspecified atom stereocenters. The van der Waals surface area contributed by atoms with Crippen molar-refractivity contribution in [3.05, 3.63) is 59.7 Å². The fourth-order valence-electron chi connectivity index (χ4n) is 3.52. The van der Waals surface area contributed by atoms with Crippen molar-refractivity contribution in [1.29, 1.82) is 0 Å². The number of hydrogen-bond acceptors (Lipinski definition) is 3. The lowest BCUT2D eigenvalue weighted by atomic mass is 10.1. The zero-order valence-electron chi connectivity index (χ0n) is 15.2. The van der Waals surface area contributed by atoms with Gasteiger partial charge in [0.15, 0.2) is 0 Å². The number of piperazine rings is 1. The van der Waals surface area contributed by atoms with Gasteiger partial charge >= 0.3 is 0 Å². The molecule has 0 spiro atoms. The molecule has 0 aliphatic carbocycles. The minimum absolute atomic E-state index is 0.356. The monoisotopic (exact) mass is 341 g/mol. The summed E-state index contributed by atoms with van der Waals surface area (Å²) < 4.78 is 5.79. The second-order valence-corrected chi connectivity index (χ2v) is 7.06. The van der Waals surface area contributed by atoms with Crippen LogP contribution in [-0.4, -0.2) is 50.5 Å². The Bertz CT molecular complexity index is 647. The van der Waals surface area contributed by atoms with Gasteiger partial charge < -0.3 is 19.6 Å². The molecule has 2 aromatic carbocycles. The number of aliphatic hydroxyl groups is 1. The zero-order valence-corrected chi connectivity index (χ0v) is 15.2. The summed E-state index contributed by atoms with van der Waals surface area (Å²) >= 11 is 0. The molecule has 0 amide bonds. The number of benzene rings is 2. The molecule has 0 radical (unpaired) electrons. The number of hydrogen-bond donors (Lipinski definition) is 2. The van der Waals surface area contributed by atoms with E-state index in [0.717, 1.165) is 38.5 Å². The molecule has 2 aromatic rings. The molecule has 1 aliphatic rings. The molecule has 0 saturated carbocycles. The van der Waals surface area contributed by atoms with E-state index in [9.17, 15) is 5.11 Å². The molecular formula is C21H29N2O2+. The summed E-state index contributed by atoms with van der Waals surface area (Å²) in [7, 11) is 0. The van der Waals surface area contributed by atoms with E-state index in [4.69, 9.17) is 4.74 Å². The number of ether oxygens (including phenoxy) is 1. The van der Waals surface area contributed by atoms with E-state index in [1.54, 1.807) is 0 Å². The molecule has 134 valence electrons. The van der Waals surface area contributed by atoms with Crippen LogP contribution in [0.5, 0.6) is 5.75 Å². The Labute approximate surface area is 150 Å². The normalized spacial score (nSPS) is 16.7. The smallest absolute Gasteiger partial charge is 0.137 e. The summed E-state index contributed by atoms with van der Waals surface area (Å²) in [5.74, 6) is 0.848. The van der Waals surface area contributed by atoms with Crippen LogP contribution in [0, 0.1) is 13.8 Å². The van der Waals surface area contributed by atoms with Crippen LogP contribution >= 0.6 is 0 Å². The van der Waals surface area contributed by atoms with E-state index in [-0.39, 0.29) is 0 Å². The van der Waals surface area contributed by atoms with Gasteiger partial charge in [0.2, 0.25) is 0 Å². The van der Waals surface area contributed by atoms with Crippen molar-refractivity contribution in [3.8, 4) is 5.75 Å². The van der Waals surface area contributed by atoms with Gasteiger partial charge in [-0.25, -0.2) is 0 Å². The molecule has 4 heteroatoms. The molecule has 1 fully saturated rings. The van der Waals surface area contributed by atoms with Gasteiger partial charge in [-0.15, -0.1) is 0 Å². The summed E-state index contributed by atoms with van der Waals surface area (Å²) in [6.07, 6.45) is -0.431. The van der Waals surface area contributed by atoms with E-state index in [0.29, 0.717) is 6.61 Å². The Balaban J connectivity index is 1.42. The molecule has 3 rings (SSSR count). The lowest BCUT2D eigenvalue weighted by molar-refractivity contribution is -0.903. The molecule has 0 aromatic heterocycles. The molecular weight excluding hydrogens is 312 g/mol. The van der Waals surface area contributed by atoms with E-state index in [1.807, 2.05) is 12.1 Å². The van der Waals surface area contributed by atoms with Crippen LogP contribution in [0.4, 0.5) is 5.69 Å². The second kappa shape index (κ2) is 8.37. The average molecular weight is 341 g/mol. The zero-order chi connectivity index (χ0) is 17.6. The first kappa shape index (κ1) is 17.8. The molecule has 1 heterocycles. The number of nitrogens with one attached hydrogen (secondary N) is 1. The van der Waals surface area contributed by atoms with Crippen LogP contribution in [0.1, 0.15) is 11.1 Å². The third-order valence-electron chi connectivity index (χ3n) is 4.75. The highest BCUT2D eigenvalue weighted by Crippen LogP contribution is 2.16. The first-order valence-corrected chi connectivity index (χ1v) is 9.13. The van der Waals surface area contributed by atoms with Crippen molar-refractivity contribution < 1.29 is 14.7 Å². The number of aryl methyl sites for hydroxylation is 2. The quantitative estimate of drug-likeness (QED) is 0.835. The highest BCUT2D eigenvalue weighted by molar-refractivity contribution is 5.46. The standard InChI is InChI=1S/C21H28N2O2/c1-17-12-18(2)14-21(13-17)25-16-20(24)15-22-8-10-23(11-9-22)19-6-4-3-5-7-19/h3-7,12-14,20,24H,8-11,15-16H2,1-2H3/p+1. The summed E-state index contributed by atoms with van der Waals surface area (Å²) in [4.78, 5) is 3.87. The van der Waals surface area contributed by atoms with Gasteiger partial charge in [-0.2, -0.15) is 0 Å². The number of nitrogens with zero attached hydrogens (tertiary/aromatic N) is 1. The number of anilines is 1. The number of rotatable bonds is 6. The minimum Gasteiger partial charge on any atom is -0.491 e. The Kier molecular flexibility index (Phi) is 5.95. The van der Waals surface area contributed by atoms with Crippen LogP contribution in [0.15, 0.2) is 48.5 Å². The summed E-state index contributed by atoms with van der Waals surface area (Å²) in [5, 5.41) is 10.3. The van der Waals surface area contributed by atoms with Gasteiger partial charge in [0.05, 0.1) is 26.2 Å². The number of quaternary nitrogens is 1. The summed E-state index contributed by atoms with van der Waals surface area (Å²) in [6, 6.07) is 16.7. The van der Waals surface area contributed by atoms with Crippen LogP contribution in [-0.2, 0) is 0 Å². The van der Waals surface area contributed by atoms with Crippen LogP contribution in [0.25, 0.3) is 0 Å². The number of aliphatic hydroxyl groups excluding tert-OH is 1. The van der Waals surface area contributed by atoms with Crippen molar-refractivity contribution in [3.63, 3.8) is 0 Å². The first-order chi connectivity index (χ1) is 12.1. The molecule has 4 nitrogen and oxygen atoms in total. The fourth-order valence-corrected chi connectivity index (χ4v) is 3.52. The summed E-state index contributed by atoms with van der Waals surface area (Å²) in [6.45, 7) is 9.39. The van der Waals surface area contributed by atoms with Gasteiger partial charge in [0.1, 0.15) is 25.0 Å². The maximum absolute atomic E-state index is 10.3. The first-order valence-electron chi connectivity index (χ1n) is 9.13. The molecule has 1 aliphatic heterocycles. The lowest BCUT2D eigenvalue weighted by Crippen LogP contribution is -3.16. The topological polar surface area (TPSA) is 37.1 Å². The van der Waals surface area contributed by atoms with Crippen LogP contribution in [0.3, 0.4) is 0 Å². The van der Waals surface area contributed by atoms with E-state index >= 15 is 0 Å². The molecule has 2 N–H and O–H groups in total. The third kappa shape index (κ3) is 5.21. The predicted octanol–water partition coefficient (Wildman–Crippen LogP) is 1.45. The molecule has 0 bridgehead atoms. The average Bonchev–Trinajstić information content (AvgIpc) is 2.61. The maximum Gasteiger partial charge on any atom is 0.137 e. The Hall–Kier alpha value is -2.04. The van der Waals surface area contributed by atoms with Crippen LogP contribution < -0.4 is 14.5 Å². The highest BCUT2D eigenvalue weighted by atomic mass is 16.5. The van der Waals surface area contributed by atoms with Crippen molar-refractivity contribution in [2.24, 2.45) is 0 Å². The van der Waals surface area contributed by atoms with E-state index in [2.05, 4.69) is 55.1 Å². The van der Waals surface area contributed by atoms with Gasteiger partial charge in [0.25, 0.3) is 0 Å². The van der Waals surface area contributed by atoms with Gasteiger partial charge in [0, 0.05) is 5.69 Å². The van der Waals surface area contributed by atoms with Gasteiger partial charge in [-0.05, 0) is 49.2 Å². The minimum atomic E-state index is -0.431. The highest BCUT2D eigenvalue weighted by Gasteiger charge is 2.22. The maximum atomic E-state index is 10.3. The van der Waals surface area contributed by atoms with Crippen molar-refractivity contribution in [1.82, 2.24) is 0 Å². The number of para-hydroxylation sites is 1. The summed E-state index contributed by atoms with van der Waals surface area (Å²) in [5.41, 5.74) is 3.67. The molecule has 1 saturated heterocycles. The van der Waals surface area contributed by atoms with Crippen molar-refractivity contribution in [2.75, 3.05) is 44.2 Å². The Morgan fingerprint density at radius 2 is 1.68 bits per heavy atom. The van der Waals surface area contributed by atoms with Crippen LogP contribution in [0.2, 0.25) is 0 Å². The SMILES string of the molecule is Cc1cc(C)cc(OCC(O)C[NH+]2CCN(c3ccccc3)CC2)c1. The Morgan fingerprint density at radius 3 is 2.32 bits per heavy atom. The van der Waals surface area contributed by atoms with Gasteiger partial charge in [-0.1, -0.05) is 24.3 Å². The lowest BCUT2D eigenvalue weighted by Gasteiger charge is -2.34. The van der Waals surface area contributed by atoms with E-state index < -0.39 is 6.10 Å². The van der Waals surface area contributed by atoms with Crippen molar-refractivity contribution >= 4 is 5.69 Å². The second-order valence-electron chi connectivity index (χ2n) is 7.06. The van der Waals surface area contributed by atoms with E-state index in [1.165, 1.54) is 21.7 Å². The fraction of sp³-hybridized carbons (Fsp3) is 0.429. The molecule has 1 atom stereocenters. The predicted molar refractivity (Wildman–Crippen MR) is 102 cm³/mol. The largest absolute Gasteiger partial charge is 0.491 e. The van der Waals surface area contributed by atoms with Gasteiger partial charge in [-0.3, -0.25) is 0 Å².